The molecule has 2 rings (SSSR count). The zero-order valence-electron chi connectivity index (χ0n) is 11.4. The van der Waals surface area contributed by atoms with Crippen LogP contribution in [-0.2, 0) is 0 Å². The summed E-state index contributed by atoms with van der Waals surface area (Å²) >= 11 is 1.57. The second-order valence-corrected chi connectivity index (χ2v) is 6.10. The largest absolute Gasteiger partial charge is 0.387 e. The van der Waals surface area contributed by atoms with Crippen molar-refractivity contribution in [1.29, 1.82) is 0 Å². The minimum absolute atomic E-state index is 0.0418. The lowest BCUT2D eigenvalue weighted by atomic mass is 9.90. The lowest BCUT2D eigenvalue weighted by Crippen LogP contribution is -2.19. The Kier molecular flexibility index (Phi) is 4.75. The van der Waals surface area contributed by atoms with E-state index in [0.29, 0.717) is 12.5 Å². The molecule has 0 spiro atoms. The van der Waals surface area contributed by atoms with Gasteiger partial charge in [-0.1, -0.05) is 44.2 Å². The molecule has 0 saturated heterocycles. The van der Waals surface area contributed by atoms with Gasteiger partial charge in [-0.3, -0.25) is 0 Å². The van der Waals surface area contributed by atoms with Gasteiger partial charge >= 0.3 is 0 Å². The molecule has 19 heavy (non-hydrogen) atoms. The van der Waals surface area contributed by atoms with Crippen molar-refractivity contribution in [3.8, 4) is 0 Å². The Morgan fingerprint density at radius 2 is 1.74 bits per heavy atom. The summed E-state index contributed by atoms with van der Waals surface area (Å²) in [7, 11) is 0. The van der Waals surface area contributed by atoms with Gasteiger partial charge in [0.05, 0.1) is 6.10 Å². The molecule has 1 heterocycles. The second-order valence-electron chi connectivity index (χ2n) is 5.12. The highest BCUT2D eigenvalue weighted by Gasteiger charge is 2.22. The second kappa shape index (κ2) is 6.33. The molecule has 3 heteroatoms. The van der Waals surface area contributed by atoms with E-state index >= 15 is 0 Å². The van der Waals surface area contributed by atoms with Crippen LogP contribution in [0.2, 0.25) is 0 Å². The molecular weight excluding hydrogens is 254 g/mol. The number of hydrogen-bond donors (Lipinski definition) is 2. The number of aliphatic hydroxyl groups is 1. The van der Waals surface area contributed by atoms with Gasteiger partial charge in [0.2, 0.25) is 0 Å². The smallest absolute Gasteiger partial charge is 0.0962 e. The molecule has 3 N–H and O–H groups in total. The minimum atomic E-state index is -0.519. The van der Waals surface area contributed by atoms with Crippen molar-refractivity contribution in [2.45, 2.75) is 31.8 Å². The lowest BCUT2D eigenvalue weighted by molar-refractivity contribution is 0.151. The highest BCUT2D eigenvalue weighted by atomic mass is 32.1. The number of thiophene rings is 1. The first-order valence-electron chi connectivity index (χ1n) is 6.65. The molecule has 2 unspecified atom stereocenters. The Morgan fingerprint density at radius 1 is 1.11 bits per heavy atom. The molecule has 1 aromatic carbocycles. The number of aliphatic hydroxyl groups excluding tert-OH is 1. The Labute approximate surface area is 118 Å². The van der Waals surface area contributed by atoms with Crippen LogP contribution in [0.4, 0.5) is 0 Å². The van der Waals surface area contributed by atoms with Gasteiger partial charge in [0.1, 0.15) is 0 Å². The molecule has 1 aromatic heterocycles. The van der Waals surface area contributed by atoms with Crippen molar-refractivity contribution >= 4 is 11.3 Å². The molecule has 2 atom stereocenters. The Balaban J connectivity index is 2.22. The Hall–Kier alpha value is -1.16. The van der Waals surface area contributed by atoms with Crippen LogP contribution < -0.4 is 5.73 Å². The summed E-state index contributed by atoms with van der Waals surface area (Å²) in [6.07, 6.45) is -0.519. The minimum Gasteiger partial charge on any atom is -0.387 e. The summed E-state index contributed by atoms with van der Waals surface area (Å²) < 4.78 is 0. The summed E-state index contributed by atoms with van der Waals surface area (Å²) in [6, 6.07) is 12.3. The zero-order chi connectivity index (χ0) is 13.8. The quantitative estimate of drug-likeness (QED) is 0.875. The molecule has 0 aliphatic rings. The highest BCUT2D eigenvalue weighted by Crippen LogP contribution is 2.33. The van der Waals surface area contributed by atoms with Crippen LogP contribution in [0.25, 0.3) is 0 Å². The van der Waals surface area contributed by atoms with E-state index in [-0.39, 0.29) is 5.92 Å². The molecule has 0 bridgehead atoms. The van der Waals surface area contributed by atoms with Gasteiger partial charge in [-0.15, -0.1) is 11.3 Å². The van der Waals surface area contributed by atoms with Gasteiger partial charge in [-0.25, -0.2) is 0 Å². The predicted octanol–water partition coefficient (Wildman–Crippen LogP) is 3.65. The van der Waals surface area contributed by atoms with Gasteiger partial charge in [0.25, 0.3) is 0 Å². The number of hydrogen-bond acceptors (Lipinski definition) is 3. The summed E-state index contributed by atoms with van der Waals surface area (Å²) in [5.41, 5.74) is 8.27. The maximum Gasteiger partial charge on any atom is 0.0962 e. The van der Waals surface area contributed by atoms with Gasteiger partial charge < -0.3 is 10.8 Å². The molecule has 0 amide bonds. The van der Waals surface area contributed by atoms with Crippen LogP contribution >= 0.6 is 11.3 Å². The molecule has 0 aliphatic carbocycles. The maximum absolute atomic E-state index is 10.4. The SMILES string of the molecule is CC(C)c1ccc(C(CN)C(O)c2cccs2)cc1. The van der Waals surface area contributed by atoms with Crippen LogP contribution in [0.1, 0.15) is 47.8 Å². The molecule has 0 saturated carbocycles. The zero-order valence-corrected chi connectivity index (χ0v) is 12.2. The number of nitrogens with two attached hydrogens (primary N) is 1. The van der Waals surface area contributed by atoms with Gasteiger partial charge in [0.15, 0.2) is 0 Å². The molecular formula is C16H21NOS. The topological polar surface area (TPSA) is 46.2 Å². The molecule has 2 nitrogen and oxygen atoms in total. The summed E-state index contributed by atoms with van der Waals surface area (Å²) in [5.74, 6) is 0.479. The van der Waals surface area contributed by atoms with Gasteiger partial charge in [-0.05, 0) is 28.5 Å². The fourth-order valence-corrected chi connectivity index (χ4v) is 3.01. The van der Waals surface area contributed by atoms with Crippen LogP contribution in [0.15, 0.2) is 41.8 Å². The van der Waals surface area contributed by atoms with Crippen LogP contribution in [0.3, 0.4) is 0 Å². The van der Waals surface area contributed by atoms with Crippen LogP contribution in [0, 0.1) is 0 Å². The van der Waals surface area contributed by atoms with Crippen LogP contribution in [-0.4, -0.2) is 11.7 Å². The standard InChI is InChI=1S/C16H21NOS/c1-11(2)12-5-7-13(8-6-12)14(10-17)16(18)15-4-3-9-19-15/h3-9,11,14,16,18H,10,17H2,1-2H3. The van der Waals surface area contributed by atoms with E-state index in [0.717, 1.165) is 10.4 Å². The fraction of sp³-hybridized carbons (Fsp3) is 0.375. The van der Waals surface area contributed by atoms with Crippen LogP contribution in [0.5, 0.6) is 0 Å². The van der Waals surface area contributed by atoms with E-state index in [1.807, 2.05) is 17.5 Å². The van der Waals surface area contributed by atoms with Crippen molar-refractivity contribution in [1.82, 2.24) is 0 Å². The molecule has 2 aromatic rings. The van der Waals surface area contributed by atoms with E-state index in [1.54, 1.807) is 11.3 Å². The average molecular weight is 275 g/mol. The van der Waals surface area contributed by atoms with Crippen molar-refractivity contribution in [3.05, 3.63) is 57.8 Å². The van der Waals surface area contributed by atoms with Gasteiger partial charge in [0, 0.05) is 17.3 Å². The average Bonchev–Trinajstić information content (AvgIpc) is 2.94. The van der Waals surface area contributed by atoms with Crippen molar-refractivity contribution in [3.63, 3.8) is 0 Å². The molecule has 102 valence electrons. The summed E-state index contributed by atoms with van der Waals surface area (Å²) in [5, 5.41) is 12.4. The predicted molar refractivity (Wildman–Crippen MR) is 81.6 cm³/mol. The van der Waals surface area contributed by atoms with E-state index in [9.17, 15) is 5.11 Å². The van der Waals surface area contributed by atoms with Gasteiger partial charge in [-0.2, -0.15) is 0 Å². The summed E-state index contributed by atoms with van der Waals surface area (Å²) in [6.45, 7) is 4.80. The molecule has 0 radical (unpaired) electrons. The van der Waals surface area contributed by atoms with E-state index < -0.39 is 6.10 Å². The highest BCUT2D eigenvalue weighted by molar-refractivity contribution is 7.10. The third-order valence-corrected chi connectivity index (χ3v) is 4.44. The maximum atomic E-state index is 10.4. The van der Waals surface area contributed by atoms with Crippen molar-refractivity contribution in [2.75, 3.05) is 6.54 Å². The number of rotatable bonds is 5. The third kappa shape index (κ3) is 3.24. The Morgan fingerprint density at radius 3 is 2.21 bits per heavy atom. The first kappa shape index (κ1) is 14.3. The normalized spacial score (nSPS) is 14.6. The van der Waals surface area contributed by atoms with E-state index in [4.69, 9.17) is 5.73 Å². The number of benzene rings is 1. The first-order valence-corrected chi connectivity index (χ1v) is 7.52. The fourth-order valence-electron chi connectivity index (χ4n) is 2.23. The van der Waals surface area contributed by atoms with E-state index in [1.165, 1.54) is 5.56 Å². The first-order chi connectivity index (χ1) is 9.13. The van der Waals surface area contributed by atoms with E-state index in [2.05, 4.69) is 38.1 Å². The third-order valence-electron chi connectivity index (χ3n) is 3.50. The molecule has 0 fully saturated rings. The monoisotopic (exact) mass is 275 g/mol. The molecule has 0 aliphatic heterocycles. The lowest BCUT2D eigenvalue weighted by Gasteiger charge is -2.21. The Bertz CT molecular complexity index is 490. The van der Waals surface area contributed by atoms with Crippen molar-refractivity contribution < 1.29 is 5.11 Å². The van der Waals surface area contributed by atoms with Crippen molar-refractivity contribution in [2.24, 2.45) is 5.73 Å². The summed E-state index contributed by atoms with van der Waals surface area (Å²) in [4.78, 5) is 0.975.